The van der Waals surface area contributed by atoms with Crippen molar-refractivity contribution < 1.29 is 0 Å². The Bertz CT molecular complexity index is 246. The van der Waals surface area contributed by atoms with Gasteiger partial charge in [-0.3, -0.25) is 0 Å². The minimum absolute atomic E-state index is 1.06. The van der Waals surface area contributed by atoms with Crippen LogP contribution in [0.4, 0.5) is 0 Å². The minimum Gasteiger partial charge on any atom is -0.314 e. The first-order valence-corrected chi connectivity index (χ1v) is 11.0. The standard InChI is InChI=1S/C20H45N5/c1-2-3-4-5-6-7-8-9-18-25-19-16-23-14-12-21-10-11-22-13-15-24-17-20-25/h21-24H,2-20H2,1H3. The topological polar surface area (TPSA) is 51.4 Å². The molecule has 0 aromatic rings. The third-order valence-corrected chi connectivity index (χ3v) is 4.97. The molecule has 5 heteroatoms. The first kappa shape index (κ1) is 22.8. The molecule has 1 aliphatic heterocycles. The lowest BCUT2D eigenvalue weighted by Crippen LogP contribution is -2.39. The van der Waals surface area contributed by atoms with Crippen LogP contribution in [0.15, 0.2) is 0 Å². The second-order valence-electron chi connectivity index (χ2n) is 7.32. The number of unbranched alkanes of at least 4 members (excludes halogenated alkanes) is 7. The maximum Gasteiger partial charge on any atom is 0.0107 e. The molecule has 0 atom stereocenters. The van der Waals surface area contributed by atoms with Gasteiger partial charge >= 0.3 is 0 Å². The van der Waals surface area contributed by atoms with Gasteiger partial charge in [-0.05, 0) is 13.0 Å². The van der Waals surface area contributed by atoms with Gasteiger partial charge in [0.2, 0.25) is 0 Å². The molecule has 1 saturated heterocycles. The van der Waals surface area contributed by atoms with Crippen LogP contribution in [0.1, 0.15) is 58.3 Å². The van der Waals surface area contributed by atoms with Crippen molar-refractivity contribution in [3.8, 4) is 0 Å². The van der Waals surface area contributed by atoms with E-state index in [1.807, 2.05) is 0 Å². The SMILES string of the molecule is CCCCCCCCCCN1CCNCCNCCNCCNCC1. The fourth-order valence-corrected chi connectivity index (χ4v) is 3.31. The molecular weight excluding hydrogens is 310 g/mol. The molecule has 0 aromatic heterocycles. The van der Waals surface area contributed by atoms with Crippen LogP contribution in [-0.4, -0.2) is 76.9 Å². The second-order valence-corrected chi connectivity index (χ2v) is 7.32. The van der Waals surface area contributed by atoms with Crippen molar-refractivity contribution >= 4 is 0 Å². The fraction of sp³-hybridized carbons (Fsp3) is 1.00. The van der Waals surface area contributed by atoms with Crippen LogP contribution in [0.5, 0.6) is 0 Å². The van der Waals surface area contributed by atoms with Gasteiger partial charge in [0.05, 0.1) is 0 Å². The monoisotopic (exact) mass is 355 g/mol. The smallest absolute Gasteiger partial charge is 0.0107 e. The van der Waals surface area contributed by atoms with Crippen molar-refractivity contribution in [3.63, 3.8) is 0 Å². The summed E-state index contributed by atoms with van der Waals surface area (Å²) in [6.07, 6.45) is 11.3. The highest BCUT2D eigenvalue weighted by molar-refractivity contribution is 4.65. The Labute approximate surface area is 157 Å². The molecule has 1 rings (SSSR count). The zero-order chi connectivity index (χ0) is 17.8. The van der Waals surface area contributed by atoms with E-state index in [0.717, 1.165) is 52.4 Å². The summed E-state index contributed by atoms with van der Waals surface area (Å²) in [5.41, 5.74) is 0. The Morgan fingerprint density at radius 1 is 0.520 bits per heavy atom. The summed E-state index contributed by atoms with van der Waals surface area (Å²) < 4.78 is 0. The van der Waals surface area contributed by atoms with Crippen molar-refractivity contribution in [2.45, 2.75) is 58.3 Å². The molecule has 0 unspecified atom stereocenters. The van der Waals surface area contributed by atoms with Crippen LogP contribution in [0, 0.1) is 0 Å². The Kier molecular flexibility index (Phi) is 17.0. The van der Waals surface area contributed by atoms with Gasteiger partial charge < -0.3 is 26.2 Å². The number of hydrogen-bond acceptors (Lipinski definition) is 5. The third-order valence-electron chi connectivity index (χ3n) is 4.97. The molecule has 1 fully saturated rings. The number of hydrogen-bond donors (Lipinski definition) is 4. The van der Waals surface area contributed by atoms with Gasteiger partial charge in [0.15, 0.2) is 0 Å². The largest absolute Gasteiger partial charge is 0.314 e. The Morgan fingerprint density at radius 3 is 1.40 bits per heavy atom. The minimum atomic E-state index is 1.06. The van der Waals surface area contributed by atoms with Crippen LogP contribution in [-0.2, 0) is 0 Å². The summed E-state index contributed by atoms with van der Waals surface area (Å²) in [6.45, 7) is 14.5. The van der Waals surface area contributed by atoms with E-state index in [4.69, 9.17) is 0 Å². The van der Waals surface area contributed by atoms with E-state index in [1.165, 1.54) is 71.0 Å². The number of nitrogens with one attached hydrogen (secondary N) is 4. The van der Waals surface area contributed by atoms with Gasteiger partial charge in [-0.25, -0.2) is 0 Å². The van der Waals surface area contributed by atoms with Gasteiger partial charge in [0, 0.05) is 65.4 Å². The fourth-order valence-electron chi connectivity index (χ4n) is 3.31. The van der Waals surface area contributed by atoms with Gasteiger partial charge in [-0.2, -0.15) is 0 Å². The van der Waals surface area contributed by atoms with Gasteiger partial charge in [0.1, 0.15) is 0 Å². The quantitative estimate of drug-likeness (QED) is 0.475. The van der Waals surface area contributed by atoms with E-state index < -0.39 is 0 Å². The highest BCUT2D eigenvalue weighted by Crippen LogP contribution is 2.08. The van der Waals surface area contributed by atoms with Crippen LogP contribution in [0.2, 0.25) is 0 Å². The van der Waals surface area contributed by atoms with Crippen LogP contribution in [0.3, 0.4) is 0 Å². The first-order chi connectivity index (χ1) is 12.4. The average molecular weight is 356 g/mol. The summed E-state index contributed by atoms with van der Waals surface area (Å²) >= 11 is 0. The normalized spacial score (nSPS) is 20.0. The van der Waals surface area contributed by atoms with Crippen LogP contribution < -0.4 is 21.3 Å². The van der Waals surface area contributed by atoms with Gasteiger partial charge in [-0.15, -0.1) is 0 Å². The predicted molar refractivity (Wildman–Crippen MR) is 111 cm³/mol. The number of rotatable bonds is 9. The lowest BCUT2D eigenvalue weighted by molar-refractivity contribution is 0.266. The molecule has 0 radical (unpaired) electrons. The molecule has 4 N–H and O–H groups in total. The van der Waals surface area contributed by atoms with Gasteiger partial charge in [-0.1, -0.05) is 51.9 Å². The lowest BCUT2D eigenvalue weighted by Gasteiger charge is -2.23. The van der Waals surface area contributed by atoms with E-state index >= 15 is 0 Å². The Morgan fingerprint density at radius 2 is 0.920 bits per heavy atom. The molecule has 1 heterocycles. The van der Waals surface area contributed by atoms with Crippen molar-refractivity contribution in [2.75, 3.05) is 72.0 Å². The summed E-state index contributed by atoms with van der Waals surface area (Å²) in [4.78, 5) is 2.64. The highest BCUT2D eigenvalue weighted by Gasteiger charge is 2.04. The Balaban J connectivity index is 2.10. The lowest BCUT2D eigenvalue weighted by atomic mass is 10.1. The molecule has 1 aliphatic rings. The van der Waals surface area contributed by atoms with Gasteiger partial charge in [0.25, 0.3) is 0 Å². The summed E-state index contributed by atoms with van der Waals surface area (Å²) in [6, 6.07) is 0. The molecule has 25 heavy (non-hydrogen) atoms. The molecule has 5 nitrogen and oxygen atoms in total. The van der Waals surface area contributed by atoms with Crippen LogP contribution >= 0.6 is 0 Å². The molecule has 0 aromatic carbocycles. The maximum absolute atomic E-state index is 3.57. The summed E-state index contributed by atoms with van der Waals surface area (Å²) in [5, 5.41) is 14.1. The molecule has 0 amide bonds. The molecule has 0 bridgehead atoms. The maximum atomic E-state index is 3.57. The summed E-state index contributed by atoms with van der Waals surface area (Å²) in [5.74, 6) is 0. The molecule has 150 valence electrons. The van der Waals surface area contributed by atoms with E-state index in [2.05, 4.69) is 33.1 Å². The van der Waals surface area contributed by atoms with Crippen molar-refractivity contribution in [3.05, 3.63) is 0 Å². The van der Waals surface area contributed by atoms with Crippen molar-refractivity contribution in [1.82, 2.24) is 26.2 Å². The predicted octanol–water partition coefficient (Wildman–Crippen LogP) is 1.80. The molecule has 0 saturated carbocycles. The Hall–Kier alpha value is -0.200. The zero-order valence-electron chi connectivity index (χ0n) is 16.9. The average Bonchev–Trinajstić information content (AvgIpc) is 2.63. The molecular formula is C20H45N5. The highest BCUT2D eigenvalue weighted by atomic mass is 15.2. The second kappa shape index (κ2) is 18.6. The zero-order valence-corrected chi connectivity index (χ0v) is 16.9. The van der Waals surface area contributed by atoms with E-state index in [9.17, 15) is 0 Å². The molecule has 0 spiro atoms. The number of nitrogens with zero attached hydrogens (tertiary/aromatic N) is 1. The molecule has 0 aliphatic carbocycles. The van der Waals surface area contributed by atoms with Crippen molar-refractivity contribution in [2.24, 2.45) is 0 Å². The van der Waals surface area contributed by atoms with Crippen molar-refractivity contribution in [1.29, 1.82) is 0 Å². The van der Waals surface area contributed by atoms with Crippen LogP contribution in [0.25, 0.3) is 0 Å². The first-order valence-electron chi connectivity index (χ1n) is 11.0. The summed E-state index contributed by atoms with van der Waals surface area (Å²) in [7, 11) is 0. The van der Waals surface area contributed by atoms with E-state index in [0.29, 0.717) is 0 Å². The van der Waals surface area contributed by atoms with E-state index in [1.54, 1.807) is 0 Å². The van der Waals surface area contributed by atoms with E-state index in [-0.39, 0.29) is 0 Å². The third kappa shape index (κ3) is 15.7.